The molecule has 0 bridgehead atoms. The van der Waals surface area contributed by atoms with Crippen molar-refractivity contribution < 1.29 is 9.59 Å². The van der Waals surface area contributed by atoms with Crippen molar-refractivity contribution in [3.8, 4) is 0 Å². The number of benzene rings is 1. The highest BCUT2D eigenvalue weighted by atomic mass is 16.2. The van der Waals surface area contributed by atoms with Gasteiger partial charge in [-0.25, -0.2) is 0 Å². The maximum atomic E-state index is 12.5. The van der Waals surface area contributed by atoms with Crippen molar-refractivity contribution in [2.24, 2.45) is 5.92 Å². The fourth-order valence-electron chi connectivity index (χ4n) is 2.81. The van der Waals surface area contributed by atoms with Gasteiger partial charge in [0.15, 0.2) is 0 Å². The van der Waals surface area contributed by atoms with Gasteiger partial charge in [-0.2, -0.15) is 0 Å². The minimum absolute atomic E-state index is 0.171. The molecule has 2 amide bonds. The summed E-state index contributed by atoms with van der Waals surface area (Å²) in [5.74, 6) is -0.956. The van der Waals surface area contributed by atoms with Crippen LogP contribution in [-0.4, -0.2) is 28.7 Å². The molecule has 138 valence electrons. The molecule has 0 radical (unpaired) electrons. The van der Waals surface area contributed by atoms with E-state index in [4.69, 9.17) is 0 Å². The summed E-state index contributed by atoms with van der Waals surface area (Å²) in [6, 6.07) is 11.6. The van der Waals surface area contributed by atoms with Crippen LogP contribution in [0.4, 0.5) is 0 Å². The van der Waals surface area contributed by atoms with Crippen molar-refractivity contribution in [2.45, 2.75) is 39.8 Å². The number of hydrogen-bond donors (Lipinski definition) is 1. The van der Waals surface area contributed by atoms with Crippen LogP contribution < -0.4 is 5.32 Å². The smallest absolute Gasteiger partial charge is 0.311 e. The predicted octanol–water partition coefficient (Wildman–Crippen LogP) is 3.12. The lowest BCUT2D eigenvalue weighted by atomic mass is 9.95. The minimum atomic E-state index is -0.583. The summed E-state index contributed by atoms with van der Waals surface area (Å²) in [5, 5.41) is 2.89. The summed E-state index contributed by atoms with van der Waals surface area (Å²) in [5.41, 5.74) is 3.19. The molecule has 1 aromatic carbocycles. The zero-order chi connectivity index (χ0) is 19.1. The molecule has 5 nitrogen and oxygen atoms in total. The van der Waals surface area contributed by atoms with Crippen molar-refractivity contribution >= 4 is 11.8 Å². The number of rotatable bonds is 6. The van der Waals surface area contributed by atoms with Crippen LogP contribution in [0.3, 0.4) is 0 Å². The highest BCUT2D eigenvalue weighted by Gasteiger charge is 2.24. The lowest BCUT2D eigenvalue weighted by Crippen LogP contribution is -2.43. The molecule has 2 rings (SSSR count). The Morgan fingerprint density at radius 1 is 1.04 bits per heavy atom. The summed E-state index contributed by atoms with van der Waals surface area (Å²) in [4.78, 5) is 30.3. The van der Waals surface area contributed by atoms with Gasteiger partial charge in [0, 0.05) is 26.0 Å². The molecule has 0 saturated heterocycles. The van der Waals surface area contributed by atoms with Crippen molar-refractivity contribution in [1.29, 1.82) is 0 Å². The van der Waals surface area contributed by atoms with E-state index in [2.05, 4.69) is 29.4 Å². The highest BCUT2D eigenvalue weighted by Crippen LogP contribution is 2.22. The van der Waals surface area contributed by atoms with Crippen molar-refractivity contribution in [2.75, 3.05) is 7.05 Å². The van der Waals surface area contributed by atoms with Crippen molar-refractivity contribution in [1.82, 2.24) is 15.2 Å². The normalized spacial score (nSPS) is 11.9. The Balaban J connectivity index is 2.05. The largest absolute Gasteiger partial charge is 0.341 e. The molecule has 1 atom stereocenters. The molecule has 0 spiro atoms. The number of carbonyl (C=O) groups is 2. The standard InChI is InChI=1S/C21H27N3O2/c1-5-16-6-8-18(9-7-16)19(15(2)3)23-20(25)21(26)24(4)14-17-10-12-22-13-11-17/h6-13,15,19H,5,14H2,1-4H3,(H,23,25)/t19-/m0/s1. The summed E-state index contributed by atoms with van der Waals surface area (Å²) in [6.07, 6.45) is 4.31. The third kappa shape index (κ3) is 5.15. The van der Waals surface area contributed by atoms with Gasteiger partial charge in [-0.1, -0.05) is 45.0 Å². The average molecular weight is 353 g/mol. The second-order valence-electron chi connectivity index (χ2n) is 6.81. The van der Waals surface area contributed by atoms with Crippen LogP contribution in [0.15, 0.2) is 48.8 Å². The number of aryl methyl sites for hydroxylation is 1. The Bertz CT molecular complexity index is 727. The predicted molar refractivity (Wildman–Crippen MR) is 102 cm³/mol. The van der Waals surface area contributed by atoms with E-state index in [1.807, 2.05) is 38.1 Å². The molecule has 5 heteroatoms. The van der Waals surface area contributed by atoms with E-state index in [0.717, 1.165) is 17.5 Å². The van der Waals surface area contributed by atoms with E-state index in [-0.39, 0.29) is 12.0 Å². The number of amides is 2. The summed E-state index contributed by atoms with van der Waals surface area (Å²) in [6.45, 7) is 6.54. The van der Waals surface area contributed by atoms with Gasteiger partial charge in [-0.05, 0) is 41.2 Å². The minimum Gasteiger partial charge on any atom is -0.341 e. The van der Waals surface area contributed by atoms with E-state index >= 15 is 0 Å². The molecule has 26 heavy (non-hydrogen) atoms. The Kier molecular flexibility index (Phi) is 6.89. The Labute approximate surface area is 155 Å². The Morgan fingerprint density at radius 3 is 2.19 bits per heavy atom. The zero-order valence-electron chi connectivity index (χ0n) is 15.9. The molecule has 1 heterocycles. The fraction of sp³-hybridized carbons (Fsp3) is 0.381. The topological polar surface area (TPSA) is 62.3 Å². The monoisotopic (exact) mass is 353 g/mol. The van der Waals surface area contributed by atoms with Crippen LogP contribution >= 0.6 is 0 Å². The molecular formula is C21H27N3O2. The molecule has 0 unspecified atom stereocenters. The van der Waals surface area contributed by atoms with Gasteiger partial charge < -0.3 is 10.2 Å². The van der Waals surface area contributed by atoms with E-state index < -0.39 is 11.8 Å². The first-order valence-corrected chi connectivity index (χ1v) is 8.96. The Morgan fingerprint density at radius 2 is 1.65 bits per heavy atom. The lowest BCUT2D eigenvalue weighted by Gasteiger charge is -2.24. The van der Waals surface area contributed by atoms with E-state index in [9.17, 15) is 9.59 Å². The van der Waals surface area contributed by atoms with E-state index in [0.29, 0.717) is 6.54 Å². The summed E-state index contributed by atoms with van der Waals surface area (Å²) in [7, 11) is 1.63. The fourth-order valence-corrected chi connectivity index (χ4v) is 2.81. The number of nitrogens with zero attached hydrogens (tertiary/aromatic N) is 2. The molecule has 1 aromatic heterocycles. The van der Waals surface area contributed by atoms with Gasteiger partial charge in [-0.15, -0.1) is 0 Å². The molecule has 0 saturated carbocycles. The van der Waals surface area contributed by atoms with Crippen LogP contribution in [0, 0.1) is 5.92 Å². The van der Waals surface area contributed by atoms with Gasteiger partial charge in [0.25, 0.3) is 0 Å². The molecule has 2 aromatic rings. The maximum absolute atomic E-state index is 12.5. The van der Waals surface area contributed by atoms with Gasteiger partial charge in [-0.3, -0.25) is 14.6 Å². The molecule has 0 aliphatic heterocycles. The molecule has 1 N–H and O–H groups in total. The first-order valence-electron chi connectivity index (χ1n) is 8.96. The number of nitrogens with one attached hydrogen (secondary N) is 1. The lowest BCUT2D eigenvalue weighted by molar-refractivity contribution is -0.145. The zero-order valence-corrected chi connectivity index (χ0v) is 15.9. The summed E-state index contributed by atoms with van der Waals surface area (Å²) < 4.78 is 0. The summed E-state index contributed by atoms with van der Waals surface area (Å²) >= 11 is 0. The van der Waals surface area contributed by atoms with E-state index in [1.54, 1.807) is 19.4 Å². The van der Waals surface area contributed by atoms with Crippen molar-refractivity contribution in [3.05, 3.63) is 65.5 Å². The third-order valence-electron chi connectivity index (χ3n) is 4.41. The van der Waals surface area contributed by atoms with Crippen LogP contribution in [0.2, 0.25) is 0 Å². The van der Waals surface area contributed by atoms with E-state index in [1.165, 1.54) is 10.5 Å². The van der Waals surface area contributed by atoms with Gasteiger partial charge in [0.05, 0.1) is 6.04 Å². The van der Waals surface area contributed by atoms with Crippen LogP contribution in [-0.2, 0) is 22.6 Å². The van der Waals surface area contributed by atoms with Gasteiger partial charge in [0.1, 0.15) is 0 Å². The molecule has 0 fully saturated rings. The number of carbonyl (C=O) groups excluding carboxylic acids is 2. The highest BCUT2D eigenvalue weighted by molar-refractivity contribution is 6.35. The van der Waals surface area contributed by atoms with Crippen LogP contribution in [0.25, 0.3) is 0 Å². The van der Waals surface area contributed by atoms with Crippen LogP contribution in [0.5, 0.6) is 0 Å². The molecule has 0 aliphatic carbocycles. The number of pyridine rings is 1. The first kappa shape index (κ1) is 19.6. The number of aromatic nitrogens is 1. The number of hydrogen-bond acceptors (Lipinski definition) is 3. The van der Waals surface area contributed by atoms with Gasteiger partial charge in [0.2, 0.25) is 0 Å². The molecule has 0 aliphatic rings. The second kappa shape index (κ2) is 9.13. The SMILES string of the molecule is CCc1ccc([C@@H](NC(=O)C(=O)N(C)Cc2ccncc2)C(C)C)cc1. The number of likely N-dealkylation sites (N-methyl/N-ethyl adjacent to an activating group) is 1. The average Bonchev–Trinajstić information content (AvgIpc) is 2.66. The first-order chi connectivity index (χ1) is 12.4. The third-order valence-corrected chi connectivity index (χ3v) is 4.41. The maximum Gasteiger partial charge on any atom is 0.311 e. The van der Waals surface area contributed by atoms with Gasteiger partial charge >= 0.3 is 11.8 Å². The second-order valence-corrected chi connectivity index (χ2v) is 6.81. The molecular weight excluding hydrogens is 326 g/mol. The van der Waals surface area contributed by atoms with Crippen molar-refractivity contribution in [3.63, 3.8) is 0 Å². The van der Waals surface area contributed by atoms with Crippen LogP contribution in [0.1, 0.15) is 43.5 Å². The Hall–Kier alpha value is -2.69. The quantitative estimate of drug-likeness (QED) is 0.812.